The van der Waals surface area contributed by atoms with Gasteiger partial charge in [0.1, 0.15) is 0 Å². The highest BCUT2D eigenvalue weighted by atomic mass is 16.3. The summed E-state index contributed by atoms with van der Waals surface area (Å²) < 4.78 is 1.87. The molecule has 2 amide bonds. The fraction of sp³-hybridized carbons (Fsp3) is 0.714. The van der Waals surface area contributed by atoms with Crippen LogP contribution < -0.4 is 10.6 Å². The van der Waals surface area contributed by atoms with Crippen LogP contribution in [0.2, 0.25) is 0 Å². The Morgan fingerprint density at radius 3 is 2.85 bits per heavy atom. The number of urea groups is 1. The van der Waals surface area contributed by atoms with Gasteiger partial charge in [-0.15, -0.1) is 0 Å². The van der Waals surface area contributed by atoms with E-state index in [1.165, 1.54) is 0 Å². The van der Waals surface area contributed by atoms with Gasteiger partial charge in [-0.05, 0) is 37.7 Å². The van der Waals surface area contributed by atoms with Gasteiger partial charge < -0.3 is 15.7 Å². The molecule has 1 aromatic heterocycles. The summed E-state index contributed by atoms with van der Waals surface area (Å²) in [6, 6.07) is 1.98. The summed E-state index contributed by atoms with van der Waals surface area (Å²) >= 11 is 0. The van der Waals surface area contributed by atoms with Gasteiger partial charge >= 0.3 is 6.03 Å². The van der Waals surface area contributed by atoms with Crippen LogP contribution in [0.25, 0.3) is 0 Å². The molecule has 1 heterocycles. The van der Waals surface area contributed by atoms with Crippen LogP contribution in [0.3, 0.4) is 0 Å². The summed E-state index contributed by atoms with van der Waals surface area (Å²) in [5.74, 6) is 0.328. The number of nitrogens with zero attached hydrogens (tertiary/aromatic N) is 2. The number of rotatable bonds is 5. The average Bonchev–Trinajstić information content (AvgIpc) is 2.92. The van der Waals surface area contributed by atoms with Gasteiger partial charge in [-0.3, -0.25) is 4.68 Å². The van der Waals surface area contributed by atoms with Gasteiger partial charge in [-0.25, -0.2) is 4.79 Å². The summed E-state index contributed by atoms with van der Waals surface area (Å²) in [7, 11) is 0. The monoisotopic (exact) mass is 280 g/mol. The second-order valence-electron chi connectivity index (χ2n) is 5.69. The number of amides is 2. The van der Waals surface area contributed by atoms with Crippen molar-refractivity contribution in [2.75, 3.05) is 6.54 Å². The molecule has 0 saturated heterocycles. The molecule has 3 N–H and O–H groups in total. The molecule has 1 atom stereocenters. The molecule has 1 saturated carbocycles. The first-order valence-electron chi connectivity index (χ1n) is 7.33. The van der Waals surface area contributed by atoms with Crippen molar-refractivity contribution in [2.24, 2.45) is 5.92 Å². The van der Waals surface area contributed by atoms with E-state index in [9.17, 15) is 9.90 Å². The maximum Gasteiger partial charge on any atom is 0.315 e. The van der Waals surface area contributed by atoms with Crippen molar-refractivity contribution in [1.29, 1.82) is 0 Å². The minimum Gasteiger partial charge on any atom is -0.393 e. The first-order chi connectivity index (χ1) is 9.63. The Hall–Kier alpha value is -1.56. The Morgan fingerprint density at radius 1 is 1.45 bits per heavy atom. The highest BCUT2D eigenvalue weighted by molar-refractivity contribution is 5.74. The summed E-state index contributed by atoms with van der Waals surface area (Å²) in [5, 5.41) is 19.4. The molecule has 2 rings (SSSR count). The van der Waals surface area contributed by atoms with E-state index >= 15 is 0 Å². The molecule has 112 valence electrons. The Labute approximate surface area is 119 Å². The second kappa shape index (κ2) is 7.28. The lowest BCUT2D eigenvalue weighted by Crippen LogP contribution is -2.45. The number of aromatic nitrogens is 2. The van der Waals surface area contributed by atoms with E-state index in [0.717, 1.165) is 32.2 Å². The highest BCUT2D eigenvalue weighted by Crippen LogP contribution is 2.18. The lowest BCUT2D eigenvalue weighted by molar-refractivity contribution is 0.117. The molecule has 0 spiro atoms. The van der Waals surface area contributed by atoms with Crippen LogP contribution in [0.4, 0.5) is 4.79 Å². The van der Waals surface area contributed by atoms with E-state index in [0.29, 0.717) is 12.5 Å². The molecule has 0 radical (unpaired) electrons. The van der Waals surface area contributed by atoms with E-state index in [1.807, 2.05) is 16.9 Å². The molecule has 1 aromatic rings. The van der Waals surface area contributed by atoms with Crippen molar-refractivity contribution in [1.82, 2.24) is 20.4 Å². The van der Waals surface area contributed by atoms with E-state index < -0.39 is 0 Å². The number of aliphatic hydroxyl groups is 1. The van der Waals surface area contributed by atoms with Gasteiger partial charge in [0.2, 0.25) is 0 Å². The van der Waals surface area contributed by atoms with Gasteiger partial charge in [0.25, 0.3) is 0 Å². The van der Waals surface area contributed by atoms with Crippen molar-refractivity contribution >= 4 is 6.03 Å². The maximum atomic E-state index is 11.8. The van der Waals surface area contributed by atoms with Gasteiger partial charge in [-0.1, -0.05) is 6.92 Å². The molecule has 6 heteroatoms. The van der Waals surface area contributed by atoms with E-state index in [1.54, 1.807) is 6.20 Å². The smallest absolute Gasteiger partial charge is 0.315 e. The molecular weight excluding hydrogens is 256 g/mol. The van der Waals surface area contributed by atoms with Crippen LogP contribution >= 0.6 is 0 Å². The molecule has 1 aliphatic rings. The Kier molecular flexibility index (Phi) is 5.40. The lowest BCUT2D eigenvalue weighted by atomic mass is 9.93. The van der Waals surface area contributed by atoms with Crippen LogP contribution in [0.15, 0.2) is 18.5 Å². The minimum absolute atomic E-state index is 0.112. The van der Waals surface area contributed by atoms with E-state index in [-0.39, 0.29) is 18.2 Å². The Balaban J connectivity index is 1.62. The number of aliphatic hydroxyl groups excluding tert-OH is 1. The van der Waals surface area contributed by atoms with Crippen molar-refractivity contribution < 1.29 is 9.90 Å². The van der Waals surface area contributed by atoms with Crippen molar-refractivity contribution in [3.05, 3.63) is 18.5 Å². The molecule has 0 aliphatic heterocycles. The maximum absolute atomic E-state index is 11.8. The van der Waals surface area contributed by atoms with Crippen LogP contribution in [0.1, 0.15) is 32.6 Å². The number of hydrogen-bond acceptors (Lipinski definition) is 3. The number of hydrogen-bond donors (Lipinski definition) is 3. The van der Waals surface area contributed by atoms with Crippen LogP contribution in [-0.2, 0) is 6.54 Å². The zero-order valence-corrected chi connectivity index (χ0v) is 12.0. The van der Waals surface area contributed by atoms with Crippen LogP contribution in [0.5, 0.6) is 0 Å². The zero-order valence-electron chi connectivity index (χ0n) is 12.0. The normalized spacial score (nSPS) is 24.1. The van der Waals surface area contributed by atoms with Crippen molar-refractivity contribution in [3.8, 4) is 0 Å². The summed E-state index contributed by atoms with van der Waals surface area (Å²) in [6.07, 6.45) is 6.76. The van der Waals surface area contributed by atoms with Crippen molar-refractivity contribution in [2.45, 2.75) is 51.3 Å². The third kappa shape index (κ3) is 4.85. The van der Waals surface area contributed by atoms with Gasteiger partial charge in [0.05, 0.1) is 6.10 Å². The Bertz CT molecular complexity index is 399. The van der Waals surface area contributed by atoms with Crippen LogP contribution in [0, 0.1) is 5.92 Å². The van der Waals surface area contributed by atoms with E-state index in [2.05, 4.69) is 22.7 Å². The first-order valence-corrected chi connectivity index (χ1v) is 7.33. The minimum atomic E-state index is -0.190. The highest BCUT2D eigenvalue weighted by Gasteiger charge is 2.20. The lowest BCUT2D eigenvalue weighted by Gasteiger charge is -2.26. The molecule has 6 nitrogen and oxygen atoms in total. The molecule has 0 bridgehead atoms. The third-order valence-electron chi connectivity index (χ3n) is 3.70. The first kappa shape index (κ1) is 14.8. The SMILES string of the molecule is CC(CNC(=O)NC1CCC(O)CC1)Cn1cccn1. The van der Waals surface area contributed by atoms with Gasteiger partial charge in [0.15, 0.2) is 0 Å². The molecule has 1 fully saturated rings. The molecule has 1 unspecified atom stereocenters. The third-order valence-corrected chi connectivity index (χ3v) is 3.70. The molecular formula is C14H24N4O2. The fourth-order valence-electron chi connectivity index (χ4n) is 2.52. The largest absolute Gasteiger partial charge is 0.393 e. The van der Waals surface area contributed by atoms with Crippen molar-refractivity contribution in [3.63, 3.8) is 0 Å². The van der Waals surface area contributed by atoms with Crippen LogP contribution in [-0.4, -0.2) is 39.6 Å². The molecule has 20 heavy (non-hydrogen) atoms. The standard InChI is InChI=1S/C14H24N4O2/c1-11(10-18-8-2-7-16-18)9-15-14(20)17-12-3-5-13(19)6-4-12/h2,7-8,11-13,19H,3-6,9-10H2,1H3,(H2,15,17,20). The predicted octanol–water partition coefficient (Wildman–Crippen LogP) is 1.12. The fourth-order valence-corrected chi connectivity index (χ4v) is 2.52. The quantitative estimate of drug-likeness (QED) is 0.756. The van der Waals surface area contributed by atoms with Gasteiger partial charge in [-0.2, -0.15) is 5.10 Å². The predicted molar refractivity (Wildman–Crippen MR) is 76.2 cm³/mol. The number of carbonyl (C=O) groups excluding carboxylic acids is 1. The molecule has 0 aromatic carbocycles. The summed E-state index contributed by atoms with van der Waals surface area (Å²) in [6.45, 7) is 3.50. The Morgan fingerprint density at radius 2 is 2.20 bits per heavy atom. The topological polar surface area (TPSA) is 79.2 Å². The summed E-state index contributed by atoms with van der Waals surface area (Å²) in [5.41, 5.74) is 0. The number of carbonyl (C=O) groups is 1. The number of nitrogens with one attached hydrogen (secondary N) is 2. The zero-order chi connectivity index (χ0) is 14.4. The average molecular weight is 280 g/mol. The second-order valence-corrected chi connectivity index (χ2v) is 5.69. The molecule has 1 aliphatic carbocycles. The van der Waals surface area contributed by atoms with E-state index in [4.69, 9.17) is 0 Å². The summed E-state index contributed by atoms with van der Waals surface area (Å²) in [4.78, 5) is 11.8. The van der Waals surface area contributed by atoms with Gasteiger partial charge in [0, 0.05) is 31.5 Å².